The quantitative estimate of drug-likeness (QED) is 0.00378. The molecule has 0 aliphatic rings. The van der Waals surface area contributed by atoms with Gasteiger partial charge in [-0.05, 0) is 213 Å². The molecule has 0 aliphatic carbocycles. The number of ether oxygens (including phenoxy) is 3. The van der Waals surface area contributed by atoms with Gasteiger partial charge in [-0.1, -0.05) is 444 Å². The summed E-state index contributed by atoms with van der Waals surface area (Å²) in [6.07, 6.45) is 24.3. The van der Waals surface area contributed by atoms with Crippen molar-refractivity contribution < 1.29 is 178 Å². The minimum absolute atomic E-state index is 0. The van der Waals surface area contributed by atoms with E-state index in [1.54, 1.807) is 26.0 Å². The first-order chi connectivity index (χ1) is 69.4. The molecule has 0 unspecified atom stereocenters. The predicted octanol–water partition coefficient (Wildman–Crippen LogP) is 17.7. The molecule has 802 valence electrons. The minimum Gasteiger partial charge on any atom is -0.870 e. The fourth-order valence-corrected chi connectivity index (χ4v) is 18.4. The summed E-state index contributed by atoms with van der Waals surface area (Å²) in [7, 11) is 8.74. The van der Waals surface area contributed by atoms with Crippen molar-refractivity contribution in [2.24, 2.45) is 0 Å². The van der Waals surface area contributed by atoms with Crippen molar-refractivity contribution >= 4 is 141 Å². The predicted molar refractivity (Wildman–Crippen MR) is 617 cm³/mol. The third-order valence-corrected chi connectivity index (χ3v) is 24.9. The zero-order valence-electron chi connectivity index (χ0n) is 88.0. The van der Waals surface area contributed by atoms with E-state index in [9.17, 15) is 33.9 Å². The van der Waals surface area contributed by atoms with E-state index in [4.69, 9.17) is 65.1 Å². The number of rotatable bonds is 36. The Bertz CT molecular complexity index is 5060. The number of aryl methyl sites for hydroxylation is 3. The summed E-state index contributed by atoms with van der Waals surface area (Å²) >= 11 is 6.49. The molecule has 0 aromatic heterocycles. The molecule has 0 saturated carbocycles. The molecular weight excluding hydrogens is 2200 g/mol. The summed E-state index contributed by atoms with van der Waals surface area (Å²) in [5, 5.41) is 51.9. The number of aliphatic hydroxyl groups excluding tert-OH is 1. The maximum Gasteiger partial charge on any atom is 1.00 e. The topological polar surface area (TPSA) is 293 Å². The van der Waals surface area contributed by atoms with E-state index < -0.39 is 33.8 Å². The van der Waals surface area contributed by atoms with Crippen LogP contribution < -0.4 is 120 Å². The monoisotopic (exact) mass is 2350 g/mol. The van der Waals surface area contributed by atoms with Crippen LogP contribution in [-0.2, 0) is 126 Å². The Kier molecular flexibility index (Phi) is 114. The van der Waals surface area contributed by atoms with Gasteiger partial charge >= 0.3 is 143 Å². The summed E-state index contributed by atoms with van der Waals surface area (Å²) in [6, 6.07) is 111. The Balaban J connectivity index is -0.000000250. The Morgan fingerprint density at radius 3 is 0.833 bits per heavy atom. The number of carbonyl (C=O) groups excluding carboxylic acids is 5. The first-order valence-electron chi connectivity index (χ1n) is 48.3. The first kappa shape index (κ1) is 157. The van der Waals surface area contributed by atoms with Gasteiger partial charge in [0.05, 0.1) is 51.9 Å². The van der Waals surface area contributed by atoms with Gasteiger partial charge in [-0.15, -0.1) is 12.3 Å². The number of aliphatic carboxylic acids is 3. The van der Waals surface area contributed by atoms with Crippen molar-refractivity contribution in [1.82, 2.24) is 0 Å². The maximum atomic E-state index is 11.4. The van der Waals surface area contributed by atoms with E-state index in [1.165, 1.54) is 106 Å². The van der Waals surface area contributed by atoms with Crippen molar-refractivity contribution in [3.63, 3.8) is 0 Å². The van der Waals surface area contributed by atoms with Crippen molar-refractivity contribution in [2.45, 2.75) is 240 Å². The number of halogens is 4. The molecule has 12 aromatic rings. The number of unbranched alkanes of at least 4 members (excludes halogenated alkanes) is 8. The molecule has 0 saturated heterocycles. The van der Waals surface area contributed by atoms with Crippen molar-refractivity contribution in [1.29, 1.82) is 0 Å². The largest absolute Gasteiger partial charge is 1.00 e. The average Bonchev–Trinajstić information content (AvgIpc) is 0.820. The van der Waals surface area contributed by atoms with Gasteiger partial charge in [0.15, 0.2) is 0 Å². The van der Waals surface area contributed by atoms with Crippen LogP contribution in [0.15, 0.2) is 337 Å². The van der Waals surface area contributed by atoms with Gasteiger partial charge in [0.25, 0.3) is 6.47 Å². The molecular formula is C123H157Br2Cl2LiNa2O17P2Pd. The van der Waals surface area contributed by atoms with E-state index in [2.05, 4.69) is 295 Å². The van der Waals surface area contributed by atoms with E-state index in [0.717, 1.165) is 92.8 Å². The summed E-state index contributed by atoms with van der Waals surface area (Å²) in [4.78, 5) is 76.3. The summed E-state index contributed by atoms with van der Waals surface area (Å²) in [5.74, 6) is 5.61. The molecule has 0 spiro atoms. The summed E-state index contributed by atoms with van der Waals surface area (Å²) < 4.78 is 16.6. The molecule has 0 atom stereocenters. The number of esters is 3. The van der Waals surface area contributed by atoms with E-state index >= 15 is 0 Å². The van der Waals surface area contributed by atoms with Crippen LogP contribution in [0, 0.1) is 24.2 Å². The number of hydrogen-bond donors (Lipinski definition) is 3. The molecule has 12 aromatic carbocycles. The second kappa shape index (κ2) is 109. The van der Waals surface area contributed by atoms with Crippen LogP contribution in [0.2, 0.25) is 0 Å². The van der Waals surface area contributed by atoms with Gasteiger partial charge in [0.1, 0.15) is 0 Å². The van der Waals surface area contributed by atoms with Gasteiger partial charge in [-0.25, -0.2) is 0 Å². The standard InChI is InChI=1S/2C18H15P.C15H22O2.C15H18O2.2C13H18O2.C10H11BrO2.C8H7BrO2.C5H8.C2H6O.C2H6.CH2O3.3CH4.2ClH.Li.2Na.H2O.Pd/c2*1-4-10-16(11-5-1)19(17-12-6-2-7-13-17)18-14-8-3-9-15-18;2*1-3-5-6-8-13-9-7-10-14(11-13)12-15(16)17-4-2;2*1-2-3-4-6-11-7-5-8-12(9-11)10-13(14)15;1-2-13-10(12)7-8-4-3-5-9(11)6-8;9-7-3-1-2-6(4-7)5-8(10)11;1-3-5-4-2;1-2-3;1-2;2-1-4-3;;;;;;;;;;/h2*1-15H;7,9-11H,3-6,8,12H2,1-2H3;7,9-11H,3-5,12H2,1-2H3;2*5,7-9H,2-4,6,10H2,1H3,(H,14,15);3-6H,2,7H2,1H3;1-4H,5H2,(H,10,11);1H,4-5H2,2H3;3H,2H2,1H3;1-2H3;1,3H;3*1H4;2*1H;;;;1H2;/q;;;;;;;;;;;;;;;;;3*+1;;+2/p-5. The molecule has 0 fully saturated rings. The molecule has 0 heterocycles. The molecule has 4 N–H and O–H groups in total. The van der Waals surface area contributed by atoms with Crippen LogP contribution in [0.25, 0.3) is 0 Å². The van der Waals surface area contributed by atoms with Gasteiger partial charge in [-0.2, -0.15) is 0 Å². The molecule has 27 heteroatoms. The molecule has 17 nitrogen and oxygen atoms in total. The number of carbonyl (C=O) groups is 7. The van der Waals surface area contributed by atoms with Crippen LogP contribution in [0.3, 0.4) is 0 Å². The Labute approximate surface area is 990 Å². The third kappa shape index (κ3) is 83.1. The smallest absolute Gasteiger partial charge is 0.870 e. The van der Waals surface area contributed by atoms with Crippen LogP contribution >= 0.6 is 66.8 Å². The summed E-state index contributed by atoms with van der Waals surface area (Å²) in [5.41, 5.74) is 10.3. The number of terminal acetylenes is 1. The molecule has 12 rings (SSSR count). The molecule has 150 heavy (non-hydrogen) atoms. The second-order valence-corrected chi connectivity index (χ2v) is 39.3. The number of carboxylic acids is 3. The van der Waals surface area contributed by atoms with Crippen molar-refractivity contribution in [2.75, 3.05) is 26.4 Å². The molecule has 0 aliphatic heterocycles. The Hall–Kier alpha value is -8.41. The van der Waals surface area contributed by atoms with Crippen molar-refractivity contribution in [3.8, 4) is 24.2 Å². The minimum atomic E-state index is -1.01. The van der Waals surface area contributed by atoms with Gasteiger partial charge in [0.2, 0.25) is 0 Å². The Morgan fingerprint density at radius 2 is 0.607 bits per heavy atom. The van der Waals surface area contributed by atoms with Crippen molar-refractivity contribution in [3.05, 3.63) is 392 Å². The van der Waals surface area contributed by atoms with Crippen LogP contribution in [0.5, 0.6) is 0 Å². The zero-order chi connectivity index (χ0) is 106. The fourth-order valence-electron chi connectivity index (χ4n) is 12.9. The Morgan fingerprint density at radius 1 is 0.373 bits per heavy atom. The molecule has 0 bridgehead atoms. The zero-order valence-corrected chi connectivity index (χ0v) is 100. The van der Waals surface area contributed by atoms with E-state index in [-0.39, 0.29) is 172 Å². The third-order valence-electron chi connectivity index (χ3n) is 19.0. The van der Waals surface area contributed by atoms with Gasteiger partial charge < -0.3 is 55.1 Å². The van der Waals surface area contributed by atoms with Crippen LogP contribution in [0.1, 0.15) is 238 Å². The SMILES string of the molecule is C.C.C.C#CCCC.CC.CCCC#Cc1cccc(CC(=O)OCC)c1.CCCCCc1cccc(CC(=O)O)c1.CCCCCc1cccc(CC(=O)OCC)c1.CCCCCc1cccc(CC(=O)[O-])c1.CCO.CCOC(=O)Cc1cccc(Br)c1.O=C(O)Cc1cccc(Br)c1.O=CO[O-].[Cl][Pd][Cl].[Li+].[Na+].[Na+].[OH-].c1ccc(P(c2ccccc2)c2ccccc2)cc1.c1ccc(P(c2ccccc2)c2ccccc2)cc1. The number of benzene rings is 12. The fraction of sp³-hybridized carbons (Fsp3) is 0.325. The number of carboxylic acid groups (broad SMARTS) is 3. The van der Waals surface area contributed by atoms with Crippen LogP contribution in [-0.4, -0.2) is 89.5 Å². The number of hydrogen-bond acceptors (Lipinski definition) is 15. The van der Waals surface area contributed by atoms with Gasteiger partial charge in [-0.3, -0.25) is 28.8 Å². The van der Waals surface area contributed by atoms with E-state index in [0.29, 0.717) is 39.1 Å². The normalized spacial score (nSPS) is 9.13. The average molecular weight is 2360 g/mol. The number of aliphatic hydroxyl groups is 1. The molecule has 0 amide bonds. The van der Waals surface area contributed by atoms with E-state index in [1.807, 2.05) is 137 Å². The van der Waals surface area contributed by atoms with Crippen LogP contribution in [0.4, 0.5) is 0 Å². The van der Waals surface area contributed by atoms with Gasteiger partial charge in [0, 0.05) is 46.3 Å². The molecule has 0 radical (unpaired) electrons. The second-order valence-electron chi connectivity index (χ2n) is 30.7. The first-order valence-corrected chi connectivity index (χ1v) is 56.6. The maximum absolute atomic E-state index is 11.4. The summed E-state index contributed by atoms with van der Waals surface area (Å²) in [6.45, 7) is 23.2.